The van der Waals surface area contributed by atoms with Gasteiger partial charge in [-0.2, -0.15) is 0 Å². The van der Waals surface area contributed by atoms with Crippen LogP contribution in [0.2, 0.25) is 0 Å². The first-order valence-electron chi connectivity index (χ1n) is 4.56. The monoisotopic (exact) mass is 435 g/mol. The van der Waals surface area contributed by atoms with Crippen molar-refractivity contribution in [3.63, 3.8) is 0 Å². The SMILES string of the molecule is O=C(O)c1nc(-c2ncc(Br)cc2Br)ncc1Br. The van der Waals surface area contributed by atoms with Crippen LogP contribution in [0.4, 0.5) is 0 Å². The van der Waals surface area contributed by atoms with Crippen LogP contribution in [0.5, 0.6) is 0 Å². The molecule has 0 bridgehead atoms. The summed E-state index contributed by atoms with van der Waals surface area (Å²) in [7, 11) is 0. The maximum atomic E-state index is 11.0. The van der Waals surface area contributed by atoms with Gasteiger partial charge in [0.15, 0.2) is 11.5 Å². The van der Waals surface area contributed by atoms with Gasteiger partial charge in [-0.3, -0.25) is 4.98 Å². The summed E-state index contributed by atoms with van der Waals surface area (Å²) in [5.74, 6) is -0.881. The predicted molar refractivity (Wildman–Crippen MR) is 75.3 cm³/mol. The van der Waals surface area contributed by atoms with E-state index < -0.39 is 5.97 Å². The van der Waals surface area contributed by atoms with Crippen LogP contribution in [0, 0.1) is 0 Å². The second-order valence-electron chi connectivity index (χ2n) is 3.18. The number of aromatic carboxylic acids is 1. The number of hydrogen-bond donors (Lipinski definition) is 1. The number of carboxylic acids is 1. The van der Waals surface area contributed by atoms with Gasteiger partial charge in [-0.1, -0.05) is 0 Å². The van der Waals surface area contributed by atoms with Crippen LogP contribution in [0.25, 0.3) is 11.5 Å². The van der Waals surface area contributed by atoms with E-state index in [-0.39, 0.29) is 11.5 Å². The largest absolute Gasteiger partial charge is 0.476 e. The number of halogens is 3. The topological polar surface area (TPSA) is 76.0 Å². The minimum atomic E-state index is -1.13. The highest BCUT2D eigenvalue weighted by Gasteiger charge is 2.15. The standard InChI is InChI=1S/C10H4Br3N3O2/c11-4-1-5(12)7(14-2-4)9-15-3-6(13)8(16-9)10(17)18/h1-3H,(H,17,18). The van der Waals surface area contributed by atoms with Gasteiger partial charge in [0, 0.05) is 21.3 Å². The maximum Gasteiger partial charge on any atom is 0.355 e. The molecule has 2 aromatic heterocycles. The molecule has 0 radical (unpaired) electrons. The van der Waals surface area contributed by atoms with E-state index in [0.29, 0.717) is 14.6 Å². The number of pyridine rings is 1. The Morgan fingerprint density at radius 1 is 1.11 bits per heavy atom. The summed E-state index contributed by atoms with van der Waals surface area (Å²) >= 11 is 9.70. The van der Waals surface area contributed by atoms with Crippen molar-refractivity contribution < 1.29 is 9.90 Å². The smallest absolute Gasteiger partial charge is 0.355 e. The van der Waals surface area contributed by atoms with Gasteiger partial charge >= 0.3 is 5.97 Å². The minimum absolute atomic E-state index is 0.100. The molecule has 0 amide bonds. The number of carbonyl (C=O) groups is 1. The first-order chi connectivity index (χ1) is 8.49. The van der Waals surface area contributed by atoms with E-state index in [1.807, 2.05) is 0 Å². The molecule has 18 heavy (non-hydrogen) atoms. The third-order valence-electron chi connectivity index (χ3n) is 1.97. The van der Waals surface area contributed by atoms with Crippen LogP contribution in [0.1, 0.15) is 10.5 Å². The van der Waals surface area contributed by atoms with Crippen LogP contribution in [-0.2, 0) is 0 Å². The van der Waals surface area contributed by atoms with E-state index >= 15 is 0 Å². The molecular formula is C10H4Br3N3O2. The Morgan fingerprint density at radius 2 is 1.83 bits per heavy atom. The third kappa shape index (κ3) is 2.76. The van der Waals surface area contributed by atoms with Crippen molar-refractivity contribution in [1.29, 1.82) is 0 Å². The van der Waals surface area contributed by atoms with Gasteiger partial charge in [0.1, 0.15) is 5.69 Å². The fourth-order valence-corrected chi connectivity index (χ4v) is 2.74. The summed E-state index contributed by atoms with van der Waals surface area (Å²) in [6.07, 6.45) is 2.98. The molecule has 1 N–H and O–H groups in total. The van der Waals surface area contributed by atoms with E-state index in [0.717, 1.165) is 4.47 Å². The van der Waals surface area contributed by atoms with Crippen molar-refractivity contribution in [1.82, 2.24) is 15.0 Å². The third-order valence-corrected chi connectivity index (χ3v) is 3.58. The molecule has 0 aliphatic heterocycles. The molecule has 0 saturated carbocycles. The average molecular weight is 438 g/mol. The Labute approximate surface area is 127 Å². The highest BCUT2D eigenvalue weighted by atomic mass is 79.9. The van der Waals surface area contributed by atoms with Crippen molar-refractivity contribution >= 4 is 53.8 Å². The van der Waals surface area contributed by atoms with E-state index in [1.54, 1.807) is 12.3 Å². The van der Waals surface area contributed by atoms with Gasteiger partial charge in [-0.15, -0.1) is 0 Å². The molecule has 0 unspecified atom stereocenters. The summed E-state index contributed by atoms with van der Waals surface area (Å²) in [6.45, 7) is 0. The fourth-order valence-electron chi connectivity index (χ4n) is 1.21. The predicted octanol–water partition coefficient (Wildman–Crippen LogP) is 3.52. The molecule has 0 saturated heterocycles. The minimum Gasteiger partial charge on any atom is -0.476 e. The Kier molecular flexibility index (Phi) is 4.08. The quantitative estimate of drug-likeness (QED) is 0.778. The Hall–Kier alpha value is -0.860. The number of hydrogen-bond acceptors (Lipinski definition) is 4. The lowest BCUT2D eigenvalue weighted by atomic mass is 10.3. The molecule has 0 aliphatic carbocycles. The second-order valence-corrected chi connectivity index (χ2v) is 5.80. The molecule has 0 aromatic carbocycles. The van der Waals surface area contributed by atoms with E-state index in [4.69, 9.17) is 5.11 Å². The van der Waals surface area contributed by atoms with Crippen LogP contribution in [-0.4, -0.2) is 26.0 Å². The van der Waals surface area contributed by atoms with Crippen LogP contribution >= 0.6 is 47.8 Å². The zero-order valence-electron chi connectivity index (χ0n) is 8.56. The second kappa shape index (κ2) is 5.41. The van der Waals surface area contributed by atoms with Crippen LogP contribution < -0.4 is 0 Å². The van der Waals surface area contributed by atoms with Crippen molar-refractivity contribution in [3.8, 4) is 11.5 Å². The summed E-state index contributed by atoms with van der Waals surface area (Å²) in [5.41, 5.74) is 0.379. The number of aromatic nitrogens is 3. The first-order valence-corrected chi connectivity index (χ1v) is 6.94. The van der Waals surface area contributed by atoms with Crippen molar-refractivity contribution in [3.05, 3.63) is 37.6 Å². The van der Waals surface area contributed by atoms with E-state index in [2.05, 4.69) is 62.7 Å². The van der Waals surface area contributed by atoms with Crippen LogP contribution in [0.15, 0.2) is 31.9 Å². The van der Waals surface area contributed by atoms with Gasteiger partial charge in [-0.25, -0.2) is 14.8 Å². The van der Waals surface area contributed by atoms with Gasteiger partial charge in [0.2, 0.25) is 0 Å². The number of nitrogens with zero attached hydrogens (tertiary/aromatic N) is 3. The highest BCUT2D eigenvalue weighted by Crippen LogP contribution is 2.27. The normalized spacial score (nSPS) is 10.4. The van der Waals surface area contributed by atoms with Crippen LogP contribution in [0.3, 0.4) is 0 Å². The fraction of sp³-hybridized carbons (Fsp3) is 0. The summed E-state index contributed by atoms with van der Waals surface area (Å²) < 4.78 is 1.80. The molecule has 0 spiro atoms. The zero-order valence-corrected chi connectivity index (χ0v) is 13.3. The van der Waals surface area contributed by atoms with E-state index in [1.165, 1.54) is 6.20 Å². The number of carboxylic acid groups (broad SMARTS) is 1. The summed E-state index contributed by atoms with van der Waals surface area (Å²) in [6, 6.07) is 1.79. The summed E-state index contributed by atoms with van der Waals surface area (Å²) in [5, 5.41) is 8.99. The molecule has 2 rings (SSSR count). The molecule has 0 aliphatic rings. The lowest BCUT2D eigenvalue weighted by Crippen LogP contribution is -2.05. The summed E-state index contributed by atoms with van der Waals surface area (Å²) in [4.78, 5) is 23.2. The molecule has 0 atom stereocenters. The van der Waals surface area contributed by atoms with E-state index in [9.17, 15) is 4.79 Å². The molecule has 92 valence electrons. The first kappa shape index (κ1) is 13.6. The molecular weight excluding hydrogens is 434 g/mol. The molecule has 8 heteroatoms. The Bertz CT molecular complexity index is 634. The van der Waals surface area contributed by atoms with Crippen molar-refractivity contribution in [2.75, 3.05) is 0 Å². The van der Waals surface area contributed by atoms with Gasteiger partial charge in [0.05, 0.1) is 4.47 Å². The molecule has 5 nitrogen and oxygen atoms in total. The van der Waals surface area contributed by atoms with Gasteiger partial charge in [0.25, 0.3) is 0 Å². The zero-order chi connectivity index (χ0) is 13.3. The maximum absolute atomic E-state index is 11.0. The van der Waals surface area contributed by atoms with Gasteiger partial charge in [-0.05, 0) is 53.9 Å². The Balaban J connectivity index is 2.58. The van der Waals surface area contributed by atoms with Crippen molar-refractivity contribution in [2.24, 2.45) is 0 Å². The number of rotatable bonds is 2. The molecule has 2 heterocycles. The lowest BCUT2D eigenvalue weighted by Gasteiger charge is -2.04. The van der Waals surface area contributed by atoms with Crippen molar-refractivity contribution in [2.45, 2.75) is 0 Å². The average Bonchev–Trinajstić information content (AvgIpc) is 2.30. The Morgan fingerprint density at radius 3 is 2.44 bits per heavy atom. The molecule has 2 aromatic rings. The highest BCUT2D eigenvalue weighted by molar-refractivity contribution is 9.11. The lowest BCUT2D eigenvalue weighted by molar-refractivity contribution is 0.0689. The van der Waals surface area contributed by atoms with Gasteiger partial charge < -0.3 is 5.11 Å². The molecule has 0 fully saturated rings.